The van der Waals surface area contributed by atoms with Crippen LogP contribution >= 0.6 is 11.6 Å². The molecule has 0 saturated heterocycles. The van der Waals surface area contributed by atoms with Gasteiger partial charge in [0.25, 0.3) is 0 Å². The molecule has 19 heavy (non-hydrogen) atoms. The van der Waals surface area contributed by atoms with Gasteiger partial charge in [-0.25, -0.2) is 4.39 Å². The van der Waals surface area contributed by atoms with Crippen molar-refractivity contribution >= 4 is 11.6 Å². The fraction of sp³-hybridized carbons (Fsp3) is 0.600. The molecule has 0 heterocycles. The molecule has 0 aromatic heterocycles. The van der Waals surface area contributed by atoms with Crippen LogP contribution in [0.1, 0.15) is 32.8 Å². The van der Waals surface area contributed by atoms with Gasteiger partial charge in [-0.1, -0.05) is 24.6 Å². The molecule has 0 aliphatic rings. The highest BCUT2D eigenvalue weighted by Crippen LogP contribution is 2.16. The maximum Gasteiger partial charge on any atom is 0.127 e. The van der Waals surface area contributed by atoms with Crippen molar-refractivity contribution in [3.63, 3.8) is 0 Å². The summed E-state index contributed by atoms with van der Waals surface area (Å²) < 4.78 is 19.4. The highest BCUT2D eigenvalue weighted by Gasteiger charge is 2.13. The topological polar surface area (TPSA) is 21.3 Å². The summed E-state index contributed by atoms with van der Waals surface area (Å²) in [5, 5.41) is 3.82. The van der Waals surface area contributed by atoms with Crippen molar-refractivity contribution < 1.29 is 9.13 Å². The zero-order valence-electron chi connectivity index (χ0n) is 11.9. The molecular formula is C15H23ClFNO. The van der Waals surface area contributed by atoms with E-state index in [0.29, 0.717) is 23.6 Å². The summed E-state index contributed by atoms with van der Waals surface area (Å²) in [6.45, 7) is 7.59. The maximum absolute atomic E-state index is 13.8. The molecule has 0 fully saturated rings. The van der Waals surface area contributed by atoms with Crippen LogP contribution < -0.4 is 5.32 Å². The molecule has 0 amide bonds. The Morgan fingerprint density at radius 2 is 2.11 bits per heavy atom. The molecule has 0 saturated carbocycles. The number of nitrogens with one attached hydrogen (secondary N) is 1. The van der Waals surface area contributed by atoms with Crippen molar-refractivity contribution in [1.29, 1.82) is 0 Å². The zero-order valence-corrected chi connectivity index (χ0v) is 12.6. The Labute approximate surface area is 120 Å². The third-order valence-electron chi connectivity index (χ3n) is 2.80. The minimum Gasteiger partial charge on any atom is -0.377 e. The molecular weight excluding hydrogens is 265 g/mol. The van der Waals surface area contributed by atoms with Crippen molar-refractivity contribution in [3.05, 3.63) is 34.6 Å². The van der Waals surface area contributed by atoms with Crippen molar-refractivity contribution in [1.82, 2.24) is 5.32 Å². The molecule has 1 N–H and O–H groups in total. The second-order valence-corrected chi connectivity index (χ2v) is 5.41. The van der Waals surface area contributed by atoms with Gasteiger partial charge < -0.3 is 10.1 Å². The minimum atomic E-state index is -0.250. The largest absolute Gasteiger partial charge is 0.377 e. The first-order valence-corrected chi connectivity index (χ1v) is 7.19. The van der Waals surface area contributed by atoms with Gasteiger partial charge in [0.05, 0.1) is 12.7 Å². The first-order chi connectivity index (χ1) is 9.02. The SMILES string of the molecule is CCCNC(COC(C)C)Cc1ccc(Cl)cc1F. The number of ether oxygens (including phenoxy) is 1. The van der Waals surface area contributed by atoms with Gasteiger partial charge in [-0.2, -0.15) is 0 Å². The summed E-state index contributed by atoms with van der Waals surface area (Å²) in [5.41, 5.74) is 0.672. The van der Waals surface area contributed by atoms with E-state index < -0.39 is 0 Å². The number of rotatable bonds is 8. The summed E-state index contributed by atoms with van der Waals surface area (Å²) in [6.07, 6.45) is 1.83. The molecule has 108 valence electrons. The second-order valence-electron chi connectivity index (χ2n) is 4.97. The van der Waals surface area contributed by atoms with E-state index in [0.717, 1.165) is 13.0 Å². The number of benzene rings is 1. The van der Waals surface area contributed by atoms with Crippen LogP contribution in [0.15, 0.2) is 18.2 Å². The van der Waals surface area contributed by atoms with Crippen LogP contribution in [-0.2, 0) is 11.2 Å². The third-order valence-corrected chi connectivity index (χ3v) is 3.03. The van der Waals surface area contributed by atoms with Crippen LogP contribution in [0.2, 0.25) is 5.02 Å². The van der Waals surface area contributed by atoms with E-state index in [1.807, 2.05) is 13.8 Å². The van der Waals surface area contributed by atoms with Crippen LogP contribution in [0.25, 0.3) is 0 Å². The molecule has 0 aliphatic heterocycles. The molecule has 0 spiro atoms. The summed E-state index contributed by atoms with van der Waals surface area (Å²) >= 11 is 5.76. The first-order valence-electron chi connectivity index (χ1n) is 6.81. The third kappa shape index (κ3) is 6.37. The Hall–Kier alpha value is -0.640. The van der Waals surface area contributed by atoms with E-state index in [2.05, 4.69) is 12.2 Å². The van der Waals surface area contributed by atoms with E-state index in [1.165, 1.54) is 6.07 Å². The molecule has 1 aromatic carbocycles. The number of hydrogen-bond acceptors (Lipinski definition) is 2. The highest BCUT2D eigenvalue weighted by molar-refractivity contribution is 6.30. The Morgan fingerprint density at radius 1 is 1.37 bits per heavy atom. The monoisotopic (exact) mass is 287 g/mol. The lowest BCUT2D eigenvalue weighted by molar-refractivity contribution is 0.0611. The van der Waals surface area contributed by atoms with E-state index >= 15 is 0 Å². The molecule has 1 rings (SSSR count). The van der Waals surface area contributed by atoms with E-state index in [1.54, 1.807) is 12.1 Å². The Morgan fingerprint density at radius 3 is 2.68 bits per heavy atom. The fourth-order valence-electron chi connectivity index (χ4n) is 1.80. The van der Waals surface area contributed by atoms with Crippen LogP contribution in [-0.4, -0.2) is 25.3 Å². The van der Waals surface area contributed by atoms with Gasteiger partial charge in [0.2, 0.25) is 0 Å². The average Bonchev–Trinajstić information content (AvgIpc) is 2.35. The molecule has 4 heteroatoms. The van der Waals surface area contributed by atoms with Crippen molar-refractivity contribution in [3.8, 4) is 0 Å². The van der Waals surface area contributed by atoms with Crippen molar-refractivity contribution in [2.45, 2.75) is 45.8 Å². The molecule has 1 unspecified atom stereocenters. The van der Waals surface area contributed by atoms with Crippen LogP contribution in [0, 0.1) is 5.82 Å². The van der Waals surface area contributed by atoms with Crippen LogP contribution in [0.5, 0.6) is 0 Å². The van der Waals surface area contributed by atoms with Gasteiger partial charge in [0.1, 0.15) is 5.82 Å². The van der Waals surface area contributed by atoms with Gasteiger partial charge in [0, 0.05) is 11.1 Å². The second kappa shape index (κ2) is 8.51. The van der Waals surface area contributed by atoms with Crippen molar-refractivity contribution in [2.24, 2.45) is 0 Å². The summed E-state index contributed by atoms with van der Waals surface area (Å²) in [7, 11) is 0. The van der Waals surface area contributed by atoms with Crippen LogP contribution in [0.4, 0.5) is 4.39 Å². The van der Waals surface area contributed by atoms with Gasteiger partial charge in [-0.3, -0.25) is 0 Å². The smallest absolute Gasteiger partial charge is 0.127 e. The molecule has 0 radical (unpaired) electrons. The lowest BCUT2D eigenvalue weighted by Gasteiger charge is -2.20. The number of hydrogen-bond donors (Lipinski definition) is 1. The maximum atomic E-state index is 13.8. The molecule has 1 atom stereocenters. The normalized spacial score (nSPS) is 12.9. The summed E-state index contributed by atoms with van der Waals surface area (Å²) in [4.78, 5) is 0. The lowest BCUT2D eigenvalue weighted by Crippen LogP contribution is -2.37. The molecule has 0 aliphatic carbocycles. The van der Waals surface area contributed by atoms with E-state index in [4.69, 9.17) is 16.3 Å². The van der Waals surface area contributed by atoms with E-state index in [9.17, 15) is 4.39 Å². The van der Waals surface area contributed by atoms with Gasteiger partial charge in [-0.15, -0.1) is 0 Å². The lowest BCUT2D eigenvalue weighted by atomic mass is 10.1. The Kier molecular flexibility index (Phi) is 7.36. The van der Waals surface area contributed by atoms with Crippen molar-refractivity contribution in [2.75, 3.05) is 13.2 Å². The number of halogens is 2. The van der Waals surface area contributed by atoms with E-state index in [-0.39, 0.29) is 18.0 Å². The summed E-state index contributed by atoms with van der Waals surface area (Å²) in [5.74, 6) is -0.250. The quantitative estimate of drug-likeness (QED) is 0.785. The van der Waals surface area contributed by atoms with Gasteiger partial charge in [0.15, 0.2) is 0 Å². The average molecular weight is 288 g/mol. The predicted octanol–water partition coefficient (Wildman–Crippen LogP) is 3.81. The predicted molar refractivity (Wildman–Crippen MR) is 78.3 cm³/mol. The highest BCUT2D eigenvalue weighted by atomic mass is 35.5. The first kappa shape index (κ1) is 16.4. The Balaban J connectivity index is 2.63. The van der Waals surface area contributed by atoms with Crippen LogP contribution in [0.3, 0.4) is 0 Å². The molecule has 2 nitrogen and oxygen atoms in total. The van der Waals surface area contributed by atoms with Gasteiger partial charge >= 0.3 is 0 Å². The minimum absolute atomic E-state index is 0.123. The standard InChI is InChI=1S/C15H23ClFNO/c1-4-7-18-14(10-19-11(2)3)8-12-5-6-13(16)9-15(12)17/h5-6,9,11,14,18H,4,7-8,10H2,1-3H3. The zero-order chi connectivity index (χ0) is 14.3. The van der Waals surface area contributed by atoms with Gasteiger partial charge in [-0.05, 0) is 50.9 Å². The summed E-state index contributed by atoms with van der Waals surface area (Å²) in [6, 6.07) is 4.95. The fourth-order valence-corrected chi connectivity index (χ4v) is 1.96. The molecule has 1 aromatic rings. The molecule has 0 bridgehead atoms. The Bertz CT molecular complexity index is 384.